The number of hydrogen-bond donors (Lipinski definition) is 1. The molecule has 1 nitrogen and oxygen atoms in total. The van der Waals surface area contributed by atoms with Crippen LogP contribution in [0, 0.1) is 11.3 Å². The molecule has 2 rings (SSSR count). The molecule has 2 heteroatoms. The van der Waals surface area contributed by atoms with Crippen LogP contribution in [0.2, 0.25) is 0 Å². The number of nitrogens with two attached hydrogens (primary N) is 1. The molecule has 1 aliphatic rings. The summed E-state index contributed by atoms with van der Waals surface area (Å²) in [7, 11) is 0. The van der Waals surface area contributed by atoms with E-state index in [0.29, 0.717) is 11.3 Å². The van der Waals surface area contributed by atoms with E-state index in [1.54, 1.807) is 0 Å². The first-order valence-electron chi connectivity index (χ1n) is 5.33. The van der Waals surface area contributed by atoms with Crippen molar-refractivity contribution in [3.8, 4) is 0 Å². The second-order valence-corrected chi connectivity index (χ2v) is 5.40. The molecular weight excluding hydrogens is 218 g/mol. The monoisotopic (exact) mass is 241 g/mol. The van der Waals surface area contributed by atoms with Gasteiger partial charge >= 0.3 is 0 Å². The Balaban J connectivity index is 0.00000112. The zero-order valence-electron chi connectivity index (χ0n) is 9.66. The van der Waals surface area contributed by atoms with Crippen LogP contribution < -0.4 is 5.73 Å². The molecule has 16 heavy (non-hydrogen) atoms. The number of rotatable bonds is 0. The van der Waals surface area contributed by atoms with Gasteiger partial charge < -0.3 is 5.73 Å². The summed E-state index contributed by atoms with van der Waals surface area (Å²) >= 11 is 0. The van der Waals surface area contributed by atoms with E-state index in [1.807, 2.05) is 0 Å². The molecule has 0 fully saturated rings. The molecule has 0 heterocycles. The van der Waals surface area contributed by atoms with Gasteiger partial charge in [0, 0.05) is 6.04 Å². The average Bonchev–Trinajstić information content (AvgIpc) is 2.44. The Bertz CT molecular complexity index is 341. The fraction of sp³-hybridized carbons (Fsp3) is 0.571. The van der Waals surface area contributed by atoms with E-state index in [1.165, 1.54) is 11.1 Å². The Labute approximate surface area is 106 Å². The second kappa shape index (κ2) is 5.20. The second-order valence-electron chi connectivity index (χ2n) is 5.40. The van der Waals surface area contributed by atoms with E-state index in [2.05, 4.69) is 45.0 Å². The lowest BCUT2D eigenvalue weighted by atomic mass is 9.77. The van der Waals surface area contributed by atoms with Crippen LogP contribution in [0.15, 0.2) is 24.3 Å². The van der Waals surface area contributed by atoms with E-state index in [4.69, 9.17) is 5.73 Å². The lowest BCUT2D eigenvalue weighted by molar-refractivity contribution is 0.217. The van der Waals surface area contributed by atoms with Gasteiger partial charge in [-0.2, -0.15) is 0 Å². The SMILES string of the molecule is C.CC(C)(C)C1Cc2ccccc2C1N.Cl. The maximum atomic E-state index is 6.28. The minimum Gasteiger partial charge on any atom is -0.324 e. The summed E-state index contributed by atoms with van der Waals surface area (Å²) in [5.41, 5.74) is 9.38. The van der Waals surface area contributed by atoms with Crippen molar-refractivity contribution in [2.24, 2.45) is 17.1 Å². The summed E-state index contributed by atoms with van der Waals surface area (Å²) in [5.74, 6) is 0.583. The van der Waals surface area contributed by atoms with Gasteiger partial charge in [-0.15, -0.1) is 12.4 Å². The Morgan fingerprint density at radius 1 is 1.19 bits per heavy atom. The molecule has 0 aliphatic heterocycles. The van der Waals surface area contributed by atoms with Crippen LogP contribution in [-0.4, -0.2) is 0 Å². The van der Waals surface area contributed by atoms with Crippen molar-refractivity contribution in [2.45, 2.75) is 40.7 Å². The Morgan fingerprint density at radius 3 is 2.25 bits per heavy atom. The highest BCUT2D eigenvalue weighted by molar-refractivity contribution is 5.85. The largest absolute Gasteiger partial charge is 0.324 e. The molecular formula is C14H24ClN. The predicted molar refractivity (Wildman–Crippen MR) is 74.0 cm³/mol. The normalized spacial score (nSPS) is 23.0. The third kappa shape index (κ3) is 2.58. The van der Waals surface area contributed by atoms with E-state index in [-0.39, 0.29) is 25.9 Å². The van der Waals surface area contributed by atoms with Crippen molar-refractivity contribution in [2.75, 3.05) is 0 Å². The van der Waals surface area contributed by atoms with Crippen LogP contribution in [0.4, 0.5) is 0 Å². The Hall–Kier alpha value is -0.530. The van der Waals surface area contributed by atoms with Gasteiger partial charge in [-0.05, 0) is 28.9 Å². The summed E-state index contributed by atoms with van der Waals surface area (Å²) in [6, 6.07) is 8.80. The van der Waals surface area contributed by atoms with Crippen LogP contribution in [-0.2, 0) is 6.42 Å². The van der Waals surface area contributed by atoms with E-state index < -0.39 is 0 Å². The summed E-state index contributed by atoms with van der Waals surface area (Å²) in [4.78, 5) is 0. The highest BCUT2D eigenvalue weighted by Crippen LogP contribution is 2.43. The van der Waals surface area contributed by atoms with Crippen LogP contribution in [0.3, 0.4) is 0 Å². The quantitative estimate of drug-likeness (QED) is 0.731. The molecule has 1 aliphatic carbocycles. The average molecular weight is 242 g/mol. The number of halogens is 1. The fourth-order valence-corrected chi connectivity index (χ4v) is 2.47. The molecule has 0 radical (unpaired) electrons. The van der Waals surface area contributed by atoms with E-state index in [9.17, 15) is 0 Å². The van der Waals surface area contributed by atoms with Crippen molar-refractivity contribution < 1.29 is 0 Å². The van der Waals surface area contributed by atoms with Gasteiger partial charge in [0.05, 0.1) is 0 Å². The summed E-state index contributed by atoms with van der Waals surface area (Å²) in [5, 5.41) is 0. The number of hydrogen-bond acceptors (Lipinski definition) is 1. The maximum absolute atomic E-state index is 6.28. The predicted octanol–water partition coefficient (Wildman–Crippen LogP) is 3.96. The molecule has 1 aromatic carbocycles. The van der Waals surface area contributed by atoms with Crippen LogP contribution in [0.5, 0.6) is 0 Å². The zero-order valence-corrected chi connectivity index (χ0v) is 10.5. The Morgan fingerprint density at radius 2 is 1.75 bits per heavy atom. The number of benzene rings is 1. The molecule has 92 valence electrons. The van der Waals surface area contributed by atoms with Gasteiger partial charge in [-0.3, -0.25) is 0 Å². The van der Waals surface area contributed by atoms with Crippen molar-refractivity contribution in [1.82, 2.24) is 0 Å². The standard InChI is InChI=1S/C13H19N.CH4.ClH/c1-13(2,3)11-8-9-6-4-5-7-10(9)12(11)14;;/h4-7,11-12H,8,14H2,1-3H3;1H4;1H. The molecule has 0 amide bonds. The first-order valence-corrected chi connectivity index (χ1v) is 5.33. The summed E-state index contributed by atoms with van der Waals surface area (Å²) in [6.07, 6.45) is 1.14. The molecule has 0 aromatic heterocycles. The summed E-state index contributed by atoms with van der Waals surface area (Å²) < 4.78 is 0. The van der Waals surface area contributed by atoms with Crippen LogP contribution in [0.1, 0.15) is 45.4 Å². The van der Waals surface area contributed by atoms with Crippen molar-refractivity contribution in [1.29, 1.82) is 0 Å². The molecule has 2 N–H and O–H groups in total. The number of fused-ring (bicyclic) bond motifs is 1. The van der Waals surface area contributed by atoms with Gasteiger partial charge in [-0.1, -0.05) is 52.5 Å². The highest BCUT2D eigenvalue weighted by Gasteiger charge is 2.36. The van der Waals surface area contributed by atoms with Gasteiger partial charge in [-0.25, -0.2) is 0 Å². The molecule has 2 unspecified atom stereocenters. The molecule has 0 saturated heterocycles. The van der Waals surface area contributed by atoms with Crippen molar-refractivity contribution in [3.63, 3.8) is 0 Å². The smallest absolute Gasteiger partial charge is 0.0334 e. The maximum Gasteiger partial charge on any atom is 0.0334 e. The van der Waals surface area contributed by atoms with E-state index in [0.717, 1.165) is 6.42 Å². The molecule has 0 bridgehead atoms. The third-order valence-electron chi connectivity index (χ3n) is 3.40. The van der Waals surface area contributed by atoms with Gasteiger partial charge in [0.2, 0.25) is 0 Å². The van der Waals surface area contributed by atoms with Crippen molar-refractivity contribution in [3.05, 3.63) is 35.4 Å². The first-order chi connectivity index (χ1) is 6.50. The topological polar surface area (TPSA) is 26.0 Å². The minimum absolute atomic E-state index is 0. The molecule has 0 saturated carbocycles. The molecule has 2 atom stereocenters. The Kier molecular flexibility index (Phi) is 5.03. The van der Waals surface area contributed by atoms with Crippen molar-refractivity contribution >= 4 is 12.4 Å². The fourth-order valence-electron chi connectivity index (χ4n) is 2.47. The summed E-state index contributed by atoms with van der Waals surface area (Å²) in [6.45, 7) is 6.84. The first kappa shape index (κ1) is 15.5. The lowest BCUT2D eigenvalue weighted by Crippen LogP contribution is -2.28. The van der Waals surface area contributed by atoms with Gasteiger partial charge in [0.15, 0.2) is 0 Å². The van der Waals surface area contributed by atoms with E-state index >= 15 is 0 Å². The van der Waals surface area contributed by atoms with Crippen LogP contribution in [0.25, 0.3) is 0 Å². The van der Waals surface area contributed by atoms with Gasteiger partial charge in [0.1, 0.15) is 0 Å². The molecule has 0 spiro atoms. The third-order valence-corrected chi connectivity index (χ3v) is 3.40. The lowest BCUT2D eigenvalue weighted by Gasteiger charge is -2.30. The minimum atomic E-state index is 0. The van der Waals surface area contributed by atoms with Crippen LogP contribution >= 0.6 is 12.4 Å². The molecule has 1 aromatic rings. The zero-order chi connectivity index (χ0) is 10.3. The highest BCUT2D eigenvalue weighted by atomic mass is 35.5. The van der Waals surface area contributed by atoms with Gasteiger partial charge in [0.25, 0.3) is 0 Å².